The number of aromatic nitrogens is 2. The Morgan fingerprint density at radius 3 is 2.65 bits per heavy atom. The molecule has 0 radical (unpaired) electrons. The number of rotatable bonds is 2. The highest BCUT2D eigenvalue weighted by molar-refractivity contribution is 6.36. The molecule has 0 fully saturated rings. The summed E-state index contributed by atoms with van der Waals surface area (Å²) in [6, 6.07) is 8.68. The Labute approximate surface area is 159 Å². The summed E-state index contributed by atoms with van der Waals surface area (Å²) < 4.78 is 29.2. The van der Waals surface area contributed by atoms with Gasteiger partial charge in [0.1, 0.15) is 17.3 Å². The van der Waals surface area contributed by atoms with Crippen molar-refractivity contribution in [3.05, 3.63) is 63.6 Å². The Kier molecular flexibility index (Phi) is 4.59. The maximum atomic E-state index is 14.4. The van der Waals surface area contributed by atoms with Gasteiger partial charge in [-0.2, -0.15) is 5.10 Å². The largest absolute Gasteiger partial charge is 0.370 e. The van der Waals surface area contributed by atoms with E-state index < -0.39 is 11.6 Å². The summed E-state index contributed by atoms with van der Waals surface area (Å²) in [5.41, 5.74) is 2.57. The number of nitrogens with zero attached hydrogens (tertiary/aromatic N) is 2. The first-order chi connectivity index (χ1) is 12.5. The van der Waals surface area contributed by atoms with Crippen molar-refractivity contribution in [3.8, 4) is 16.9 Å². The highest BCUT2D eigenvalue weighted by Gasteiger charge is 2.24. The molecule has 0 atom stereocenters. The second-order valence-electron chi connectivity index (χ2n) is 6.19. The average molecular weight is 394 g/mol. The van der Waals surface area contributed by atoms with Gasteiger partial charge in [-0.1, -0.05) is 23.2 Å². The Bertz CT molecular complexity index is 909. The predicted octanol–water partition coefficient (Wildman–Crippen LogP) is 5.87. The van der Waals surface area contributed by atoms with Crippen molar-refractivity contribution in [2.45, 2.75) is 19.3 Å². The molecule has 4 rings (SSSR count). The van der Waals surface area contributed by atoms with Gasteiger partial charge >= 0.3 is 0 Å². The number of hydrogen-bond acceptors (Lipinski definition) is 2. The quantitative estimate of drug-likeness (QED) is 0.589. The molecule has 0 saturated heterocycles. The molecule has 1 aliphatic rings. The summed E-state index contributed by atoms with van der Waals surface area (Å²) in [5.74, 6) is -0.581. The maximum Gasteiger partial charge on any atom is 0.151 e. The fourth-order valence-corrected chi connectivity index (χ4v) is 3.73. The number of benzene rings is 2. The molecule has 134 valence electrons. The first-order valence-corrected chi connectivity index (χ1v) is 9.07. The molecule has 1 aromatic heterocycles. The summed E-state index contributed by atoms with van der Waals surface area (Å²) in [6.45, 7) is 0.759. The molecule has 1 N–H and O–H groups in total. The molecule has 3 nitrogen and oxygen atoms in total. The van der Waals surface area contributed by atoms with Crippen LogP contribution in [0.4, 0.5) is 14.6 Å². The van der Waals surface area contributed by atoms with E-state index in [4.69, 9.17) is 23.2 Å². The van der Waals surface area contributed by atoms with Gasteiger partial charge < -0.3 is 5.32 Å². The topological polar surface area (TPSA) is 29.9 Å². The van der Waals surface area contributed by atoms with Crippen LogP contribution in [0.2, 0.25) is 10.0 Å². The van der Waals surface area contributed by atoms with E-state index in [1.807, 2.05) is 6.07 Å². The van der Waals surface area contributed by atoms with Crippen LogP contribution in [0.25, 0.3) is 16.9 Å². The molecule has 2 aromatic carbocycles. The van der Waals surface area contributed by atoms with Crippen LogP contribution in [0.1, 0.15) is 18.4 Å². The number of halogens is 4. The molecule has 0 amide bonds. The molecule has 0 saturated carbocycles. The van der Waals surface area contributed by atoms with E-state index in [1.165, 1.54) is 16.8 Å². The van der Waals surface area contributed by atoms with Crippen LogP contribution in [0.5, 0.6) is 0 Å². The predicted molar refractivity (Wildman–Crippen MR) is 100 cm³/mol. The highest BCUT2D eigenvalue weighted by atomic mass is 35.5. The normalized spacial score (nSPS) is 13.8. The van der Waals surface area contributed by atoms with E-state index in [-0.39, 0.29) is 5.69 Å². The van der Waals surface area contributed by atoms with E-state index in [9.17, 15) is 8.78 Å². The van der Waals surface area contributed by atoms with Gasteiger partial charge in [0.2, 0.25) is 0 Å². The van der Waals surface area contributed by atoms with Crippen molar-refractivity contribution in [2.24, 2.45) is 0 Å². The van der Waals surface area contributed by atoms with Gasteiger partial charge in [-0.3, -0.25) is 0 Å². The Balaban J connectivity index is 1.95. The van der Waals surface area contributed by atoms with Gasteiger partial charge in [-0.05, 0) is 49.6 Å². The van der Waals surface area contributed by atoms with E-state index >= 15 is 0 Å². The highest BCUT2D eigenvalue weighted by Crippen LogP contribution is 2.38. The van der Waals surface area contributed by atoms with Crippen LogP contribution < -0.4 is 5.32 Å². The third-order valence-corrected chi connectivity index (χ3v) is 5.00. The van der Waals surface area contributed by atoms with E-state index in [0.29, 0.717) is 21.6 Å². The van der Waals surface area contributed by atoms with Crippen molar-refractivity contribution in [1.82, 2.24) is 9.78 Å². The lowest BCUT2D eigenvalue weighted by Crippen LogP contribution is -2.08. The Morgan fingerprint density at radius 2 is 1.88 bits per heavy atom. The third-order valence-electron chi connectivity index (χ3n) is 4.45. The zero-order chi connectivity index (χ0) is 18.3. The summed E-state index contributed by atoms with van der Waals surface area (Å²) in [5, 5.41) is 8.96. The summed E-state index contributed by atoms with van der Waals surface area (Å²) >= 11 is 12.4. The molecule has 26 heavy (non-hydrogen) atoms. The molecule has 7 heteroatoms. The van der Waals surface area contributed by atoms with Gasteiger partial charge in [0, 0.05) is 28.8 Å². The van der Waals surface area contributed by atoms with E-state index in [2.05, 4.69) is 10.4 Å². The van der Waals surface area contributed by atoms with Crippen molar-refractivity contribution in [3.63, 3.8) is 0 Å². The van der Waals surface area contributed by atoms with Gasteiger partial charge in [0.05, 0.1) is 10.7 Å². The lowest BCUT2D eigenvalue weighted by molar-refractivity contribution is 0.574. The number of fused-ring (bicyclic) bond motifs is 1. The van der Waals surface area contributed by atoms with Crippen LogP contribution in [0.15, 0.2) is 36.4 Å². The Hall–Kier alpha value is -2.11. The Morgan fingerprint density at radius 1 is 1.04 bits per heavy atom. The van der Waals surface area contributed by atoms with Crippen LogP contribution in [-0.2, 0) is 6.42 Å². The number of nitrogens with one attached hydrogen (secondary N) is 1. The minimum atomic E-state index is -0.671. The van der Waals surface area contributed by atoms with Crippen molar-refractivity contribution >= 4 is 29.0 Å². The molecule has 3 aromatic rings. The molecule has 0 aliphatic carbocycles. The second-order valence-corrected chi connectivity index (χ2v) is 7.03. The standard InChI is InChI=1S/C19H15Cl2F2N3/c20-11-4-6-13(15(21)9-11)18-14-3-1-2-8-24-19(14)26(25-18)17-7-5-12(22)10-16(17)23/h4-7,9-10,24H,1-3,8H2. The van der Waals surface area contributed by atoms with Gasteiger partial charge in [-0.15, -0.1) is 0 Å². The average Bonchev–Trinajstić information content (AvgIpc) is 2.77. The minimum Gasteiger partial charge on any atom is -0.370 e. The van der Waals surface area contributed by atoms with Crippen LogP contribution >= 0.6 is 23.2 Å². The van der Waals surface area contributed by atoms with Crippen LogP contribution in [0, 0.1) is 11.6 Å². The van der Waals surface area contributed by atoms with Crippen LogP contribution in [0.3, 0.4) is 0 Å². The van der Waals surface area contributed by atoms with Gasteiger partial charge in [0.15, 0.2) is 5.82 Å². The maximum absolute atomic E-state index is 14.4. The molecule has 2 heterocycles. The van der Waals surface area contributed by atoms with Crippen molar-refractivity contribution < 1.29 is 8.78 Å². The SMILES string of the molecule is Fc1ccc(-n2nc(-c3ccc(Cl)cc3Cl)c3c2NCCCC3)c(F)c1. The summed E-state index contributed by atoms with van der Waals surface area (Å²) in [4.78, 5) is 0. The fraction of sp³-hybridized carbons (Fsp3) is 0.211. The first-order valence-electron chi connectivity index (χ1n) is 8.31. The van der Waals surface area contributed by atoms with Crippen LogP contribution in [-0.4, -0.2) is 16.3 Å². The monoisotopic (exact) mass is 393 g/mol. The smallest absolute Gasteiger partial charge is 0.151 e. The lowest BCUT2D eigenvalue weighted by atomic mass is 10.0. The first kappa shape index (κ1) is 17.3. The molecular formula is C19H15Cl2F2N3. The van der Waals surface area contributed by atoms with E-state index in [0.717, 1.165) is 43.0 Å². The molecule has 0 unspecified atom stereocenters. The van der Waals surface area contributed by atoms with E-state index in [1.54, 1.807) is 12.1 Å². The fourth-order valence-electron chi connectivity index (χ4n) is 3.23. The zero-order valence-electron chi connectivity index (χ0n) is 13.7. The molecule has 1 aliphatic heterocycles. The second kappa shape index (κ2) is 6.89. The molecule has 0 spiro atoms. The summed E-state index contributed by atoms with van der Waals surface area (Å²) in [7, 11) is 0. The van der Waals surface area contributed by atoms with Crippen molar-refractivity contribution in [2.75, 3.05) is 11.9 Å². The number of hydrogen-bond donors (Lipinski definition) is 1. The zero-order valence-corrected chi connectivity index (χ0v) is 15.2. The number of anilines is 1. The van der Waals surface area contributed by atoms with Gasteiger partial charge in [-0.25, -0.2) is 13.5 Å². The molecule has 0 bridgehead atoms. The third kappa shape index (κ3) is 3.06. The van der Waals surface area contributed by atoms with Crippen molar-refractivity contribution in [1.29, 1.82) is 0 Å². The molecular weight excluding hydrogens is 379 g/mol. The lowest BCUT2D eigenvalue weighted by Gasteiger charge is -2.10. The summed E-state index contributed by atoms with van der Waals surface area (Å²) in [6.07, 6.45) is 2.77. The minimum absolute atomic E-state index is 0.188. The van der Waals surface area contributed by atoms with Gasteiger partial charge in [0.25, 0.3) is 0 Å².